The number of carbonyl (C=O) groups excluding carboxylic acids is 1. The molecular weight excluding hydrogens is 348 g/mol. The molecule has 0 bridgehead atoms. The Morgan fingerprint density at radius 2 is 1.54 bits per heavy atom. The molecule has 28 heavy (non-hydrogen) atoms. The summed E-state index contributed by atoms with van der Waals surface area (Å²) in [5.74, 6) is -0.103. The lowest BCUT2D eigenvalue weighted by atomic mass is 10.0. The average molecular weight is 370 g/mol. The van der Waals surface area contributed by atoms with Gasteiger partial charge in [0.15, 0.2) is 0 Å². The Kier molecular flexibility index (Phi) is 5.48. The molecule has 4 heteroatoms. The van der Waals surface area contributed by atoms with Crippen LogP contribution in [-0.2, 0) is 11.3 Å². The first-order valence-electron chi connectivity index (χ1n) is 9.47. The van der Waals surface area contributed by atoms with E-state index in [0.717, 1.165) is 29.7 Å². The van der Waals surface area contributed by atoms with Crippen molar-refractivity contribution in [2.45, 2.75) is 18.9 Å². The number of oxime groups is 1. The minimum atomic E-state index is -0.103. The Labute approximate surface area is 164 Å². The van der Waals surface area contributed by atoms with Gasteiger partial charge in [-0.1, -0.05) is 78.0 Å². The second kappa shape index (κ2) is 8.53. The monoisotopic (exact) mass is 370 g/mol. The largest absolute Gasteiger partial charge is 0.392 e. The maximum Gasteiger partial charge on any atom is 0.251 e. The van der Waals surface area contributed by atoms with Crippen LogP contribution in [0, 0.1) is 0 Å². The SMILES string of the molecule is O=C(NCC1=NOC(Cc2ccccc2)C1)c1ccc(-c2ccccc2)cc1. The summed E-state index contributed by atoms with van der Waals surface area (Å²) in [5, 5.41) is 7.07. The highest BCUT2D eigenvalue weighted by Gasteiger charge is 2.21. The number of hydrogen-bond donors (Lipinski definition) is 1. The molecule has 1 unspecified atom stereocenters. The van der Waals surface area contributed by atoms with Gasteiger partial charge in [0, 0.05) is 18.4 Å². The zero-order chi connectivity index (χ0) is 19.2. The normalized spacial score (nSPS) is 15.6. The lowest BCUT2D eigenvalue weighted by Crippen LogP contribution is -2.29. The van der Waals surface area contributed by atoms with Crippen LogP contribution in [-0.4, -0.2) is 24.3 Å². The highest BCUT2D eigenvalue weighted by molar-refractivity contribution is 5.98. The third-order valence-electron chi connectivity index (χ3n) is 4.81. The summed E-state index contributed by atoms with van der Waals surface area (Å²) in [5.41, 5.74) is 4.97. The van der Waals surface area contributed by atoms with E-state index < -0.39 is 0 Å². The highest BCUT2D eigenvalue weighted by Crippen LogP contribution is 2.19. The molecule has 3 aromatic rings. The van der Waals surface area contributed by atoms with E-state index in [2.05, 4.69) is 34.7 Å². The molecule has 1 atom stereocenters. The molecule has 1 N–H and O–H groups in total. The van der Waals surface area contributed by atoms with Gasteiger partial charge in [-0.05, 0) is 28.8 Å². The van der Waals surface area contributed by atoms with Crippen LogP contribution in [0.1, 0.15) is 22.3 Å². The highest BCUT2D eigenvalue weighted by atomic mass is 16.6. The Hall–Kier alpha value is -3.40. The number of hydrogen-bond acceptors (Lipinski definition) is 3. The summed E-state index contributed by atoms with van der Waals surface area (Å²) >= 11 is 0. The van der Waals surface area contributed by atoms with E-state index in [1.54, 1.807) is 0 Å². The zero-order valence-electron chi connectivity index (χ0n) is 15.5. The number of benzene rings is 3. The molecule has 0 saturated heterocycles. The van der Waals surface area contributed by atoms with Gasteiger partial charge in [0.1, 0.15) is 6.10 Å². The molecule has 1 aliphatic rings. The van der Waals surface area contributed by atoms with Gasteiger partial charge < -0.3 is 10.2 Å². The molecule has 4 nitrogen and oxygen atoms in total. The number of rotatable bonds is 6. The van der Waals surface area contributed by atoms with Crippen LogP contribution in [0.5, 0.6) is 0 Å². The fourth-order valence-corrected chi connectivity index (χ4v) is 3.31. The van der Waals surface area contributed by atoms with Gasteiger partial charge in [-0.3, -0.25) is 4.79 Å². The minimum Gasteiger partial charge on any atom is -0.392 e. The van der Waals surface area contributed by atoms with Crippen LogP contribution < -0.4 is 5.32 Å². The molecule has 140 valence electrons. The fourth-order valence-electron chi connectivity index (χ4n) is 3.31. The quantitative estimate of drug-likeness (QED) is 0.696. The van der Waals surface area contributed by atoms with Crippen molar-refractivity contribution in [2.75, 3.05) is 6.54 Å². The molecule has 1 aliphatic heterocycles. The summed E-state index contributed by atoms with van der Waals surface area (Å²) in [6.07, 6.45) is 1.60. The number of amides is 1. The van der Waals surface area contributed by atoms with E-state index in [4.69, 9.17) is 4.84 Å². The Morgan fingerprint density at radius 1 is 0.893 bits per heavy atom. The second-order valence-electron chi connectivity index (χ2n) is 6.90. The van der Waals surface area contributed by atoms with E-state index in [-0.39, 0.29) is 12.0 Å². The maximum absolute atomic E-state index is 12.4. The summed E-state index contributed by atoms with van der Waals surface area (Å²) in [7, 11) is 0. The molecule has 3 aromatic carbocycles. The van der Waals surface area contributed by atoms with Crippen LogP contribution in [0.4, 0.5) is 0 Å². The molecule has 0 saturated carbocycles. The fraction of sp³-hybridized carbons (Fsp3) is 0.167. The lowest BCUT2D eigenvalue weighted by Gasteiger charge is -2.08. The topological polar surface area (TPSA) is 50.7 Å². The summed E-state index contributed by atoms with van der Waals surface area (Å²) in [6, 6.07) is 28.0. The number of carbonyl (C=O) groups is 1. The first-order chi connectivity index (χ1) is 13.8. The number of nitrogens with one attached hydrogen (secondary N) is 1. The third kappa shape index (κ3) is 4.46. The van der Waals surface area contributed by atoms with Crippen molar-refractivity contribution in [2.24, 2.45) is 5.16 Å². The minimum absolute atomic E-state index is 0.0412. The average Bonchev–Trinajstić information content (AvgIpc) is 3.21. The summed E-state index contributed by atoms with van der Waals surface area (Å²) < 4.78 is 0. The van der Waals surface area contributed by atoms with Crippen LogP contribution in [0.3, 0.4) is 0 Å². The molecular formula is C24H22N2O2. The lowest BCUT2D eigenvalue weighted by molar-refractivity contribution is 0.0859. The van der Waals surface area contributed by atoms with E-state index in [1.807, 2.05) is 60.7 Å². The maximum atomic E-state index is 12.4. The van der Waals surface area contributed by atoms with Crippen molar-refractivity contribution >= 4 is 11.6 Å². The molecule has 0 spiro atoms. The van der Waals surface area contributed by atoms with Gasteiger partial charge in [0.05, 0.1) is 12.3 Å². The summed E-state index contributed by atoms with van der Waals surface area (Å²) in [6.45, 7) is 0.407. The molecule has 0 aliphatic carbocycles. The van der Waals surface area contributed by atoms with E-state index >= 15 is 0 Å². The van der Waals surface area contributed by atoms with E-state index in [0.29, 0.717) is 12.1 Å². The Balaban J connectivity index is 1.28. The zero-order valence-corrected chi connectivity index (χ0v) is 15.5. The first-order valence-corrected chi connectivity index (χ1v) is 9.47. The van der Waals surface area contributed by atoms with Crippen molar-refractivity contribution < 1.29 is 9.63 Å². The van der Waals surface area contributed by atoms with Crippen molar-refractivity contribution in [1.29, 1.82) is 0 Å². The predicted octanol–water partition coefficient (Wildman–Crippen LogP) is 4.47. The molecule has 1 heterocycles. The molecule has 4 rings (SSSR count). The predicted molar refractivity (Wildman–Crippen MR) is 111 cm³/mol. The van der Waals surface area contributed by atoms with Crippen LogP contribution in [0.2, 0.25) is 0 Å². The van der Waals surface area contributed by atoms with Crippen molar-refractivity contribution in [3.8, 4) is 11.1 Å². The van der Waals surface area contributed by atoms with Crippen LogP contribution >= 0.6 is 0 Å². The Morgan fingerprint density at radius 3 is 2.25 bits per heavy atom. The Bertz CT molecular complexity index is 951. The summed E-state index contributed by atoms with van der Waals surface area (Å²) in [4.78, 5) is 17.9. The van der Waals surface area contributed by atoms with Gasteiger partial charge in [0.2, 0.25) is 0 Å². The standard InChI is InChI=1S/C24H22N2O2/c27-24(21-13-11-20(12-14-21)19-9-5-2-6-10-19)25-17-22-16-23(28-26-22)15-18-7-3-1-4-8-18/h1-14,23H,15-17H2,(H,25,27). The van der Waals surface area contributed by atoms with Gasteiger partial charge in [0.25, 0.3) is 5.91 Å². The van der Waals surface area contributed by atoms with Crippen molar-refractivity contribution in [1.82, 2.24) is 5.32 Å². The van der Waals surface area contributed by atoms with Crippen LogP contribution in [0.15, 0.2) is 90.1 Å². The molecule has 1 amide bonds. The van der Waals surface area contributed by atoms with Crippen molar-refractivity contribution in [3.05, 3.63) is 96.1 Å². The van der Waals surface area contributed by atoms with Crippen LogP contribution in [0.25, 0.3) is 11.1 Å². The van der Waals surface area contributed by atoms with Gasteiger partial charge >= 0.3 is 0 Å². The third-order valence-corrected chi connectivity index (χ3v) is 4.81. The smallest absolute Gasteiger partial charge is 0.251 e. The van der Waals surface area contributed by atoms with E-state index in [9.17, 15) is 4.79 Å². The molecule has 0 fully saturated rings. The van der Waals surface area contributed by atoms with Gasteiger partial charge in [-0.2, -0.15) is 0 Å². The molecule has 0 radical (unpaired) electrons. The van der Waals surface area contributed by atoms with Gasteiger partial charge in [-0.15, -0.1) is 0 Å². The second-order valence-corrected chi connectivity index (χ2v) is 6.90. The first kappa shape index (κ1) is 18.0. The van der Waals surface area contributed by atoms with E-state index in [1.165, 1.54) is 5.56 Å². The molecule has 0 aromatic heterocycles. The van der Waals surface area contributed by atoms with Crippen molar-refractivity contribution in [3.63, 3.8) is 0 Å². The van der Waals surface area contributed by atoms with Gasteiger partial charge in [-0.25, -0.2) is 0 Å². The number of nitrogens with zero attached hydrogens (tertiary/aromatic N) is 1.